The molecule has 0 spiro atoms. The quantitative estimate of drug-likeness (QED) is 0.266. The lowest BCUT2D eigenvalue weighted by Crippen LogP contribution is -2.36. The predicted octanol–water partition coefficient (Wildman–Crippen LogP) is 0.511. The van der Waals surface area contributed by atoms with Gasteiger partial charge in [0.2, 0.25) is 10.9 Å². The Balaban J connectivity index is 2.47. The lowest BCUT2D eigenvalue weighted by Gasteiger charge is -1.97. The molecule has 0 aliphatic carbocycles. The molecule has 0 aromatic heterocycles. The first-order valence-corrected chi connectivity index (χ1v) is 4.84. The summed E-state index contributed by atoms with van der Waals surface area (Å²) in [6.45, 7) is 0. The monoisotopic (exact) mass is 252 g/mol. The first-order chi connectivity index (χ1) is 8.09. The molecule has 7 nitrogen and oxygen atoms in total. The van der Waals surface area contributed by atoms with Crippen molar-refractivity contribution in [2.24, 2.45) is 5.10 Å². The highest BCUT2D eigenvalue weighted by Crippen LogP contribution is 1.97. The number of nitro groups is 1. The van der Waals surface area contributed by atoms with E-state index in [0.29, 0.717) is 5.56 Å². The number of nitrogens with one attached hydrogen (secondary N) is 2. The van der Waals surface area contributed by atoms with Crippen molar-refractivity contribution < 1.29 is 9.83 Å². The van der Waals surface area contributed by atoms with E-state index in [1.54, 1.807) is 35.8 Å². The fourth-order valence-electron chi connectivity index (χ4n) is 0.934. The number of hydrogen-bond acceptors (Lipinski definition) is 5. The second-order valence-corrected chi connectivity index (χ2v) is 3.21. The van der Waals surface area contributed by atoms with Gasteiger partial charge in [-0.1, -0.05) is 35.8 Å². The number of thiocarbonyl (C=S) groups is 1. The molecule has 1 rings (SSSR count). The van der Waals surface area contributed by atoms with Gasteiger partial charge in [-0.3, -0.25) is 4.79 Å². The van der Waals surface area contributed by atoms with Crippen molar-refractivity contribution in [1.29, 1.82) is 0 Å². The van der Waals surface area contributed by atoms with Crippen molar-refractivity contribution in [2.45, 2.75) is 0 Å². The lowest BCUT2D eigenvalue weighted by atomic mass is 10.1. The lowest BCUT2D eigenvalue weighted by molar-refractivity contribution is -0.525. The largest absolute Gasteiger partial charge is 0.287 e. The molecule has 0 saturated heterocycles. The van der Waals surface area contributed by atoms with E-state index in [-0.39, 0.29) is 10.9 Å². The number of carbonyl (C=O) groups is 1. The van der Waals surface area contributed by atoms with Crippen LogP contribution in [0.4, 0.5) is 0 Å². The van der Waals surface area contributed by atoms with Gasteiger partial charge in [0.1, 0.15) is 0 Å². The number of benzene rings is 1. The molecule has 1 aromatic carbocycles. The van der Waals surface area contributed by atoms with Crippen LogP contribution in [-0.4, -0.2) is 22.1 Å². The Morgan fingerprint density at radius 3 is 2.65 bits per heavy atom. The molecule has 0 atom stereocenters. The molecule has 88 valence electrons. The molecule has 1 aromatic rings. The van der Waals surface area contributed by atoms with Gasteiger partial charge in [0.15, 0.2) is 5.03 Å². The van der Waals surface area contributed by atoms with Crippen LogP contribution in [0.25, 0.3) is 0 Å². The van der Waals surface area contributed by atoms with Crippen LogP contribution in [-0.2, 0) is 0 Å². The minimum Gasteiger partial charge on any atom is -0.287 e. The van der Waals surface area contributed by atoms with E-state index in [9.17, 15) is 14.9 Å². The predicted molar refractivity (Wildman–Crippen MR) is 65.1 cm³/mol. The molecule has 0 fully saturated rings. The summed E-state index contributed by atoms with van der Waals surface area (Å²) in [7, 11) is 0. The van der Waals surface area contributed by atoms with Gasteiger partial charge in [0.05, 0.1) is 6.21 Å². The number of carbonyl (C=O) groups excluding carboxylic acids is 1. The summed E-state index contributed by atoms with van der Waals surface area (Å²) in [4.78, 5) is 21.4. The van der Waals surface area contributed by atoms with E-state index >= 15 is 0 Å². The Morgan fingerprint density at radius 1 is 1.41 bits per heavy atom. The summed E-state index contributed by atoms with van der Waals surface area (Å²) in [5.41, 5.74) is 4.28. The van der Waals surface area contributed by atoms with Crippen molar-refractivity contribution in [3.05, 3.63) is 46.0 Å². The standard InChI is InChI=1S/C9H8N4O3S/c14-8(7-4-2-1-3-5-7)6-10-11-9(17)12-13(15)16/h1-6H,(H2,11,12,17)/b10-6+. The fraction of sp³-hybridized carbons (Fsp3) is 0. The number of hydrazone groups is 1. The van der Waals surface area contributed by atoms with E-state index in [2.05, 4.69) is 22.7 Å². The van der Waals surface area contributed by atoms with Gasteiger partial charge >= 0.3 is 0 Å². The summed E-state index contributed by atoms with van der Waals surface area (Å²) >= 11 is 4.51. The molecule has 17 heavy (non-hydrogen) atoms. The third-order valence-corrected chi connectivity index (χ3v) is 1.78. The second kappa shape index (κ2) is 6.28. The molecule has 8 heteroatoms. The van der Waals surface area contributed by atoms with Crippen LogP contribution in [0, 0.1) is 10.1 Å². The Hall–Kier alpha value is -2.35. The third kappa shape index (κ3) is 4.80. The van der Waals surface area contributed by atoms with Crippen LogP contribution in [0.2, 0.25) is 0 Å². The zero-order valence-corrected chi connectivity index (χ0v) is 9.31. The summed E-state index contributed by atoms with van der Waals surface area (Å²) in [5.74, 6) is -0.331. The number of Topliss-reactive ketones (excluding diaryl/α,β-unsaturated/α-hetero) is 1. The number of hydrazine groups is 1. The molecular formula is C9H8N4O3S. The Labute approximate surface area is 102 Å². The molecule has 2 N–H and O–H groups in total. The van der Waals surface area contributed by atoms with Crippen LogP contribution in [0.15, 0.2) is 35.4 Å². The number of hydrogen-bond donors (Lipinski definition) is 2. The molecule has 0 amide bonds. The van der Waals surface area contributed by atoms with Crippen LogP contribution in [0.3, 0.4) is 0 Å². The van der Waals surface area contributed by atoms with E-state index < -0.39 is 5.03 Å². The highest BCUT2D eigenvalue weighted by Gasteiger charge is 2.02. The fourth-order valence-corrected chi connectivity index (χ4v) is 1.06. The van der Waals surface area contributed by atoms with Crippen molar-refractivity contribution in [1.82, 2.24) is 10.9 Å². The number of ketones is 1. The maximum Gasteiger partial charge on any atom is 0.250 e. The van der Waals surface area contributed by atoms with Crippen molar-refractivity contribution >= 4 is 29.3 Å². The molecule has 0 aliphatic rings. The van der Waals surface area contributed by atoms with Crippen LogP contribution >= 0.6 is 12.2 Å². The average Bonchev–Trinajstić information content (AvgIpc) is 2.29. The number of nitrogens with zero attached hydrogens (tertiary/aromatic N) is 2. The van der Waals surface area contributed by atoms with Crippen LogP contribution in [0.5, 0.6) is 0 Å². The number of rotatable bonds is 4. The molecule has 0 aliphatic heterocycles. The molecule has 0 saturated carbocycles. The summed E-state index contributed by atoms with van der Waals surface area (Å²) in [6.07, 6.45) is 0.989. The SMILES string of the molecule is O=C(/C=N/NC(=S)N[N+](=O)[O-])c1ccccc1. The molecule has 0 unspecified atom stereocenters. The minimum absolute atomic E-state index is 0.299. The molecule has 0 heterocycles. The van der Waals surface area contributed by atoms with Gasteiger partial charge in [0, 0.05) is 5.56 Å². The Kier molecular flexibility index (Phi) is 4.70. The van der Waals surface area contributed by atoms with Gasteiger partial charge in [-0.15, -0.1) is 0 Å². The minimum atomic E-state index is -0.829. The highest BCUT2D eigenvalue weighted by molar-refractivity contribution is 7.80. The molecule has 0 bridgehead atoms. The normalized spacial score (nSPS) is 9.88. The topological polar surface area (TPSA) is 96.6 Å². The van der Waals surface area contributed by atoms with Crippen LogP contribution in [0.1, 0.15) is 10.4 Å². The van der Waals surface area contributed by atoms with Gasteiger partial charge in [0.25, 0.3) is 0 Å². The Bertz CT molecular complexity index is 461. The summed E-state index contributed by atoms with van der Waals surface area (Å²) in [6, 6.07) is 8.47. The van der Waals surface area contributed by atoms with Crippen molar-refractivity contribution in [3.8, 4) is 0 Å². The summed E-state index contributed by atoms with van der Waals surface area (Å²) < 4.78 is 0. The average molecular weight is 252 g/mol. The highest BCUT2D eigenvalue weighted by atomic mass is 32.1. The van der Waals surface area contributed by atoms with E-state index in [1.165, 1.54) is 0 Å². The van der Waals surface area contributed by atoms with Gasteiger partial charge in [-0.25, -0.2) is 15.5 Å². The van der Waals surface area contributed by atoms with E-state index in [1.807, 2.05) is 0 Å². The molecule has 0 radical (unpaired) electrons. The van der Waals surface area contributed by atoms with E-state index in [0.717, 1.165) is 6.21 Å². The maximum absolute atomic E-state index is 11.5. The smallest absolute Gasteiger partial charge is 0.250 e. The zero-order chi connectivity index (χ0) is 12.7. The maximum atomic E-state index is 11.5. The van der Waals surface area contributed by atoms with Crippen molar-refractivity contribution in [3.63, 3.8) is 0 Å². The van der Waals surface area contributed by atoms with Crippen LogP contribution < -0.4 is 10.9 Å². The first-order valence-electron chi connectivity index (χ1n) is 4.43. The van der Waals surface area contributed by atoms with Gasteiger partial charge in [-0.05, 0) is 12.2 Å². The van der Waals surface area contributed by atoms with Gasteiger partial charge in [-0.2, -0.15) is 5.10 Å². The third-order valence-electron chi connectivity index (χ3n) is 1.60. The summed E-state index contributed by atoms with van der Waals surface area (Å²) in [5, 5.41) is 12.3. The van der Waals surface area contributed by atoms with Crippen molar-refractivity contribution in [2.75, 3.05) is 0 Å². The van der Waals surface area contributed by atoms with Gasteiger partial charge < -0.3 is 0 Å². The first kappa shape index (κ1) is 12.7. The Morgan fingerprint density at radius 2 is 2.06 bits per heavy atom. The van der Waals surface area contributed by atoms with E-state index in [4.69, 9.17) is 0 Å². The molecular weight excluding hydrogens is 244 g/mol. The second-order valence-electron chi connectivity index (χ2n) is 2.80. The zero-order valence-electron chi connectivity index (χ0n) is 8.49.